The highest BCUT2D eigenvalue weighted by molar-refractivity contribution is 6.39. The van der Waals surface area contributed by atoms with Crippen molar-refractivity contribution in [3.05, 3.63) is 54.0 Å². The summed E-state index contributed by atoms with van der Waals surface area (Å²) in [5.41, 5.74) is 0.803. The molecule has 0 radical (unpaired) electrons. The molecule has 0 aliphatic carbocycles. The van der Waals surface area contributed by atoms with E-state index in [-0.39, 0.29) is 0 Å². The summed E-state index contributed by atoms with van der Waals surface area (Å²) in [6, 6.07) is 9.99. The molecule has 0 atom stereocenters. The van der Waals surface area contributed by atoms with Crippen LogP contribution in [-0.4, -0.2) is 49.4 Å². The summed E-state index contributed by atoms with van der Waals surface area (Å²) >= 11 is 0. The number of piperidine rings is 1. The zero-order valence-corrected chi connectivity index (χ0v) is 16.3. The Kier molecular flexibility index (Phi) is 7.02. The van der Waals surface area contributed by atoms with Gasteiger partial charge in [0, 0.05) is 12.2 Å². The molecule has 1 fully saturated rings. The van der Waals surface area contributed by atoms with Crippen LogP contribution in [0.1, 0.15) is 29.0 Å². The molecule has 1 aromatic heterocycles. The van der Waals surface area contributed by atoms with Crippen molar-refractivity contribution in [2.75, 3.05) is 32.1 Å². The molecule has 0 unspecified atom stereocenters. The van der Waals surface area contributed by atoms with Gasteiger partial charge in [-0.3, -0.25) is 14.5 Å². The summed E-state index contributed by atoms with van der Waals surface area (Å²) in [5, 5.41) is 5.23. The quantitative estimate of drug-likeness (QED) is 0.569. The normalized spacial score (nSPS) is 14.9. The summed E-state index contributed by atoms with van der Waals surface area (Å²) in [6.07, 6.45) is 3.59. The molecule has 3 rings (SSSR count). The molecule has 2 aromatic rings. The standard InChI is InChI=1S/C21H25N3O5/c1-28-21(27)16-4-6-17(7-5-16)23-20(26)19(25)22-13-15-8-10-24(11-9-15)14-18-3-2-12-29-18/h2-7,12,15H,8-11,13-14H2,1H3,(H,22,25)(H,23,26). The van der Waals surface area contributed by atoms with Crippen molar-refractivity contribution in [2.45, 2.75) is 19.4 Å². The van der Waals surface area contributed by atoms with Gasteiger partial charge < -0.3 is 19.8 Å². The molecule has 1 aliphatic rings. The molecule has 2 heterocycles. The van der Waals surface area contributed by atoms with Crippen LogP contribution in [-0.2, 0) is 20.9 Å². The molecule has 2 N–H and O–H groups in total. The summed E-state index contributed by atoms with van der Waals surface area (Å²) in [4.78, 5) is 37.9. The summed E-state index contributed by atoms with van der Waals surface area (Å²) in [5.74, 6) is -0.561. The average molecular weight is 399 g/mol. The van der Waals surface area contributed by atoms with Crippen molar-refractivity contribution in [1.82, 2.24) is 10.2 Å². The SMILES string of the molecule is COC(=O)c1ccc(NC(=O)C(=O)NCC2CCN(Cc3ccco3)CC2)cc1. The van der Waals surface area contributed by atoms with Crippen LogP contribution in [0, 0.1) is 5.92 Å². The largest absolute Gasteiger partial charge is 0.468 e. The van der Waals surface area contributed by atoms with Crippen molar-refractivity contribution in [1.29, 1.82) is 0 Å². The maximum absolute atomic E-state index is 12.1. The van der Waals surface area contributed by atoms with Gasteiger partial charge in [-0.25, -0.2) is 4.79 Å². The van der Waals surface area contributed by atoms with Gasteiger partial charge in [0.15, 0.2) is 0 Å². The molecular formula is C21H25N3O5. The molecule has 0 spiro atoms. The lowest BCUT2D eigenvalue weighted by Gasteiger charge is -2.31. The molecule has 0 saturated carbocycles. The third-order valence-corrected chi connectivity index (χ3v) is 4.99. The lowest BCUT2D eigenvalue weighted by atomic mass is 9.96. The zero-order chi connectivity index (χ0) is 20.6. The van der Waals surface area contributed by atoms with E-state index in [1.165, 1.54) is 19.2 Å². The molecule has 154 valence electrons. The highest BCUT2D eigenvalue weighted by atomic mass is 16.5. The highest BCUT2D eigenvalue weighted by Crippen LogP contribution is 2.18. The number of nitrogens with one attached hydrogen (secondary N) is 2. The fourth-order valence-corrected chi connectivity index (χ4v) is 3.28. The number of rotatable bonds is 6. The average Bonchev–Trinajstić information content (AvgIpc) is 3.26. The van der Waals surface area contributed by atoms with Crippen molar-refractivity contribution in [2.24, 2.45) is 5.92 Å². The molecule has 8 nitrogen and oxygen atoms in total. The van der Waals surface area contributed by atoms with Gasteiger partial charge in [0.2, 0.25) is 0 Å². The molecule has 8 heteroatoms. The van der Waals surface area contributed by atoms with Crippen molar-refractivity contribution >= 4 is 23.5 Å². The number of carbonyl (C=O) groups is 3. The summed E-state index contributed by atoms with van der Waals surface area (Å²) in [6.45, 7) is 3.13. The maximum atomic E-state index is 12.1. The van der Waals surface area contributed by atoms with Gasteiger partial charge in [-0.15, -0.1) is 0 Å². The van der Waals surface area contributed by atoms with Gasteiger partial charge in [-0.1, -0.05) is 0 Å². The van der Waals surface area contributed by atoms with Crippen LogP contribution in [0.3, 0.4) is 0 Å². The lowest BCUT2D eigenvalue weighted by molar-refractivity contribution is -0.136. The van der Waals surface area contributed by atoms with E-state index in [4.69, 9.17) is 4.42 Å². The Morgan fingerprint density at radius 3 is 2.45 bits per heavy atom. The number of nitrogens with zero attached hydrogens (tertiary/aromatic N) is 1. The van der Waals surface area contributed by atoms with E-state index < -0.39 is 17.8 Å². The first-order valence-electron chi connectivity index (χ1n) is 9.57. The fraction of sp³-hybridized carbons (Fsp3) is 0.381. The molecule has 29 heavy (non-hydrogen) atoms. The van der Waals surface area contributed by atoms with Crippen molar-refractivity contribution in [3.63, 3.8) is 0 Å². The molecule has 1 saturated heterocycles. The Morgan fingerprint density at radius 1 is 1.10 bits per heavy atom. The van der Waals surface area contributed by atoms with E-state index in [0.29, 0.717) is 23.7 Å². The topological polar surface area (TPSA) is 101 Å². The minimum absolute atomic E-state index is 0.346. The van der Waals surface area contributed by atoms with Crippen LogP contribution in [0.15, 0.2) is 47.1 Å². The van der Waals surface area contributed by atoms with Crippen LogP contribution in [0.25, 0.3) is 0 Å². The number of hydrogen-bond donors (Lipinski definition) is 2. The Labute approximate surface area is 169 Å². The predicted molar refractivity (Wildman–Crippen MR) is 106 cm³/mol. The zero-order valence-electron chi connectivity index (χ0n) is 16.3. The van der Waals surface area contributed by atoms with Gasteiger partial charge in [-0.05, 0) is 68.2 Å². The van der Waals surface area contributed by atoms with Crippen LogP contribution in [0.4, 0.5) is 5.69 Å². The number of likely N-dealkylation sites (tertiary alicyclic amines) is 1. The molecule has 1 aliphatic heterocycles. The highest BCUT2D eigenvalue weighted by Gasteiger charge is 2.22. The Balaban J connectivity index is 1.38. The van der Waals surface area contributed by atoms with Crippen LogP contribution in [0.2, 0.25) is 0 Å². The van der Waals surface area contributed by atoms with Gasteiger partial charge in [0.25, 0.3) is 0 Å². The molecule has 0 bridgehead atoms. The first-order valence-corrected chi connectivity index (χ1v) is 9.57. The van der Waals surface area contributed by atoms with E-state index in [1.54, 1.807) is 18.4 Å². The lowest BCUT2D eigenvalue weighted by Crippen LogP contribution is -2.41. The van der Waals surface area contributed by atoms with Crippen molar-refractivity contribution in [3.8, 4) is 0 Å². The number of carbonyl (C=O) groups excluding carboxylic acids is 3. The molecular weight excluding hydrogens is 374 g/mol. The first-order chi connectivity index (χ1) is 14.0. The van der Waals surface area contributed by atoms with E-state index in [9.17, 15) is 14.4 Å². The van der Waals surface area contributed by atoms with Crippen LogP contribution >= 0.6 is 0 Å². The van der Waals surface area contributed by atoms with Gasteiger partial charge in [0.05, 0.1) is 25.5 Å². The van der Waals surface area contributed by atoms with Gasteiger partial charge in [-0.2, -0.15) is 0 Å². The Morgan fingerprint density at radius 2 is 1.83 bits per heavy atom. The smallest absolute Gasteiger partial charge is 0.337 e. The minimum Gasteiger partial charge on any atom is -0.468 e. The van der Waals surface area contributed by atoms with E-state index in [1.807, 2.05) is 12.1 Å². The number of esters is 1. The first kappa shape index (κ1) is 20.6. The van der Waals surface area contributed by atoms with E-state index in [2.05, 4.69) is 20.3 Å². The number of ether oxygens (including phenoxy) is 1. The number of furan rings is 1. The summed E-state index contributed by atoms with van der Waals surface area (Å²) in [7, 11) is 1.30. The monoisotopic (exact) mass is 399 g/mol. The second-order valence-electron chi connectivity index (χ2n) is 7.03. The predicted octanol–water partition coefficient (Wildman–Crippen LogP) is 2.03. The molecule has 2 amide bonds. The van der Waals surface area contributed by atoms with Crippen LogP contribution in [0.5, 0.6) is 0 Å². The number of anilines is 1. The van der Waals surface area contributed by atoms with Gasteiger partial charge in [0.1, 0.15) is 5.76 Å². The minimum atomic E-state index is -0.730. The van der Waals surface area contributed by atoms with E-state index in [0.717, 1.165) is 38.2 Å². The molecule has 1 aromatic carbocycles. The van der Waals surface area contributed by atoms with E-state index >= 15 is 0 Å². The third-order valence-electron chi connectivity index (χ3n) is 4.99. The summed E-state index contributed by atoms with van der Waals surface area (Å²) < 4.78 is 9.99. The Hall–Kier alpha value is -3.13. The second-order valence-corrected chi connectivity index (χ2v) is 7.03. The fourth-order valence-electron chi connectivity index (χ4n) is 3.28. The maximum Gasteiger partial charge on any atom is 0.337 e. The van der Waals surface area contributed by atoms with Crippen molar-refractivity contribution < 1.29 is 23.5 Å². The number of benzene rings is 1. The third kappa shape index (κ3) is 5.92. The Bertz CT molecular complexity index is 825. The number of hydrogen-bond acceptors (Lipinski definition) is 6. The number of amides is 2. The van der Waals surface area contributed by atoms with Crippen LogP contribution < -0.4 is 10.6 Å². The number of methoxy groups -OCH3 is 1. The second kappa shape index (κ2) is 9.88. The van der Waals surface area contributed by atoms with Gasteiger partial charge >= 0.3 is 17.8 Å².